The largest absolute Gasteiger partial charge is 0.360 e. The number of benzene rings is 1. The number of pyridine rings is 1. The predicted octanol–water partition coefficient (Wildman–Crippen LogP) is 5.60. The van der Waals surface area contributed by atoms with Gasteiger partial charge in [0.05, 0.1) is 12.6 Å². The van der Waals surface area contributed by atoms with Gasteiger partial charge < -0.3 is 5.32 Å². The molecule has 0 aliphatic carbocycles. The number of amidine groups is 1. The fourth-order valence-electron chi connectivity index (χ4n) is 2.75. The first-order valence-corrected chi connectivity index (χ1v) is 9.96. The lowest BCUT2D eigenvalue weighted by Crippen LogP contribution is -2.30. The second-order valence-electron chi connectivity index (χ2n) is 5.69. The van der Waals surface area contributed by atoms with Gasteiger partial charge in [-0.05, 0) is 24.1 Å². The van der Waals surface area contributed by atoms with Crippen LogP contribution in [-0.4, -0.2) is 22.7 Å². The van der Waals surface area contributed by atoms with Crippen molar-refractivity contribution in [2.24, 2.45) is 4.99 Å². The lowest BCUT2D eigenvalue weighted by Gasteiger charge is -2.11. The molecule has 1 aromatic carbocycles. The number of nitrogens with zero attached hydrogens (tertiary/aromatic N) is 2. The van der Waals surface area contributed by atoms with Crippen LogP contribution in [0.15, 0.2) is 53.7 Å². The van der Waals surface area contributed by atoms with Crippen molar-refractivity contribution in [3.8, 4) is 0 Å². The molecule has 26 heavy (non-hydrogen) atoms. The maximum Gasteiger partial charge on any atom is 0.157 e. The number of nitrogens with one attached hydrogen (secondary N) is 1. The molecule has 0 radical (unpaired) electrons. The van der Waals surface area contributed by atoms with E-state index >= 15 is 0 Å². The Balaban J connectivity index is 0.00000121. The van der Waals surface area contributed by atoms with E-state index in [4.69, 9.17) is 11.6 Å². The van der Waals surface area contributed by atoms with Crippen molar-refractivity contribution >= 4 is 74.8 Å². The Morgan fingerprint density at radius 3 is 2.77 bits per heavy atom. The predicted molar refractivity (Wildman–Crippen MR) is 120 cm³/mol. The molecule has 8 heteroatoms. The van der Waals surface area contributed by atoms with Gasteiger partial charge in [0.25, 0.3) is 0 Å². The van der Waals surface area contributed by atoms with Crippen LogP contribution in [0.2, 0.25) is 5.15 Å². The lowest BCUT2D eigenvalue weighted by molar-refractivity contribution is 0.656. The van der Waals surface area contributed by atoms with Gasteiger partial charge in [0.1, 0.15) is 5.15 Å². The summed E-state index contributed by atoms with van der Waals surface area (Å²) in [6.07, 6.45) is 2.77. The van der Waals surface area contributed by atoms with Gasteiger partial charge >= 0.3 is 0 Å². The van der Waals surface area contributed by atoms with Gasteiger partial charge in [-0.15, -0.1) is 36.2 Å². The van der Waals surface area contributed by atoms with E-state index in [-0.39, 0.29) is 24.8 Å². The summed E-state index contributed by atoms with van der Waals surface area (Å²) in [7, 11) is 0. The molecule has 1 aliphatic heterocycles. The third kappa shape index (κ3) is 5.05. The van der Waals surface area contributed by atoms with Crippen molar-refractivity contribution < 1.29 is 0 Å². The molecular formula is C18H18Cl3N3S2. The van der Waals surface area contributed by atoms with Crippen LogP contribution >= 0.6 is 59.5 Å². The summed E-state index contributed by atoms with van der Waals surface area (Å²) in [5, 5.41) is 6.20. The molecule has 0 bridgehead atoms. The average molecular weight is 447 g/mol. The van der Waals surface area contributed by atoms with E-state index in [1.807, 2.05) is 6.07 Å². The molecule has 1 N–H and O–H groups in total. The van der Waals surface area contributed by atoms with E-state index in [1.54, 1.807) is 29.3 Å². The molecule has 1 unspecified atom stereocenters. The van der Waals surface area contributed by atoms with Gasteiger partial charge in [0, 0.05) is 26.9 Å². The molecule has 3 aromatic rings. The van der Waals surface area contributed by atoms with Gasteiger partial charge in [-0.1, -0.05) is 53.7 Å². The molecule has 4 rings (SSSR count). The van der Waals surface area contributed by atoms with E-state index in [0.29, 0.717) is 11.2 Å². The molecule has 0 saturated heterocycles. The first kappa shape index (κ1) is 21.3. The van der Waals surface area contributed by atoms with Crippen LogP contribution in [0.3, 0.4) is 0 Å². The smallest absolute Gasteiger partial charge is 0.157 e. The van der Waals surface area contributed by atoms with Crippen LogP contribution in [0, 0.1) is 0 Å². The lowest BCUT2D eigenvalue weighted by atomic mass is 10.1. The number of thioether (sulfide) groups is 1. The molecule has 3 nitrogen and oxygen atoms in total. The zero-order valence-corrected chi connectivity index (χ0v) is 17.7. The fraction of sp³-hybridized carbons (Fsp3) is 0.222. The molecule has 0 saturated carbocycles. The van der Waals surface area contributed by atoms with Crippen molar-refractivity contribution in [2.45, 2.75) is 18.2 Å². The Morgan fingerprint density at radius 2 is 2.00 bits per heavy atom. The minimum absolute atomic E-state index is 0. The number of hydrogen-bond donors (Lipinski definition) is 1. The summed E-state index contributed by atoms with van der Waals surface area (Å²) in [6.45, 7) is 0.847. The van der Waals surface area contributed by atoms with Gasteiger partial charge in [-0.2, -0.15) is 0 Å². The summed E-state index contributed by atoms with van der Waals surface area (Å²) in [5.41, 5.74) is 1.35. The standard InChI is InChI=1S/C18H16ClN3S2.2ClH/c19-17-15-9-14(24-16(15)6-7-20-17)11-23-18-21-10-13(22-18)8-12-4-2-1-3-5-12;;/h1-7,9,13H,8,10-11H2,(H,21,22);2*1H. The van der Waals surface area contributed by atoms with Gasteiger partial charge in [0.15, 0.2) is 5.17 Å². The highest BCUT2D eigenvalue weighted by Crippen LogP contribution is 2.32. The molecule has 0 fully saturated rings. The van der Waals surface area contributed by atoms with Crippen LogP contribution in [0.4, 0.5) is 0 Å². The number of aliphatic imine (C=N–C) groups is 1. The Kier molecular flexibility index (Phi) is 8.05. The molecule has 0 spiro atoms. The fourth-order valence-corrected chi connectivity index (χ4v) is 5.07. The Bertz CT molecular complexity index is 884. The van der Waals surface area contributed by atoms with E-state index < -0.39 is 0 Å². The van der Waals surface area contributed by atoms with E-state index in [2.05, 4.69) is 51.7 Å². The topological polar surface area (TPSA) is 37.3 Å². The van der Waals surface area contributed by atoms with Crippen molar-refractivity contribution in [3.05, 3.63) is 64.3 Å². The number of halogens is 3. The van der Waals surface area contributed by atoms with Gasteiger partial charge in [-0.25, -0.2) is 4.98 Å². The Labute approximate surface area is 178 Å². The number of rotatable bonds is 4. The molecule has 138 valence electrons. The van der Waals surface area contributed by atoms with Crippen molar-refractivity contribution in [1.29, 1.82) is 0 Å². The minimum atomic E-state index is 0. The van der Waals surface area contributed by atoms with Gasteiger partial charge in [0.2, 0.25) is 0 Å². The van der Waals surface area contributed by atoms with E-state index in [9.17, 15) is 0 Å². The third-order valence-corrected chi connectivity index (χ3v) is 6.47. The highest BCUT2D eigenvalue weighted by atomic mass is 35.5. The zero-order valence-electron chi connectivity index (χ0n) is 13.7. The summed E-state index contributed by atoms with van der Waals surface area (Å²) >= 11 is 9.67. The monoisotopic (exact) mass is 445 g/mol. The maximum atomic E-state index is 6.15. The summed E-state index contributed by atoms with van der Waals surface area (Å²) in [6, 6.07) is 15.1. The van der Waals surface area contributed by atoms with Crippen LogP contribution in [0.1, 0.15) is 10.4 Å². The SMILES string of the molecule is Cl.Cl.Clc1nccc2sc(CSC3=NCC(Cc4ccccc4)N3)cc12. The summed E-state index contributed by atoms with van der Waals surface area (Å²) in [4.78, 5) is 10.1. The van der Waals surface area contributed by atoms with Gasteiger partial charge in [-0.3, -0.25) is 4.99 Å². The number of thiophene rings is 1. The molecule has 1 atom stereocenters. The second-order valence-corrected chi connectivity index (χ2v) is 8.18. The first-order valence-electron chi connectivity index (χ1n) is 7.78. The average Bonchev–Trinajstić information content (AvgIpc) is 3.21. The van der Waals surface area contributed by atoms with Crippen LogP contribution in [-0.2, 0) is 12.2 Å². The highest BCUT2D eigenvalue weighted by molar-refractivity contribution is 8.13. The molecule has 2 aromatic heterocycles. The van der Waals surface area contributed by atoms with Crippen LogP contribution in [0.5, 0.6) is 0 Å². The number of aromatic nitrogens is 1. The molecule has 1 aliphatic rings. The van der Waals surface area contributed by atoms with Crippen LogP contribution < -0.4 is 5.32 Å². The molecule has 0 amide bonds. The minimum Gasteiger partial charge on any atom is -0.360 e. The zero-order chi connectivity index (χ0) is 16.4. The van der Waals surface area contributed by atoms with Crippen molar-refractivity contribution in [1.82, 2.24) is 10.3 Å². The second kappa shape index (κ2) is 9.81. The van der Waals surface area contributed by atoms with E-state index in [0.717, 1.165) is 29.3 Å². The normalized spacial score (nSPS) is 15.7. The number of hydrogen-bond acceptors (Lipinski definition) is 5. The molecular weight excluding hydrogens is 429 g/mol. The van der Waals surface area contributed by atoms with Crippen molar-refractivity contribution in [2.75, 3.05) is 6.54 Å². The van der Waals surface area contributed by atoms with Crippen molar-refractivity contribution in [3.63, 3.8) is 0 Å². The van der Waals surface area contributed by atoms with Crippen LogP contribution in [0.25, 0.3) is 10.1 Å². The Hall–Kier alpha value is -0.980. The summed E-state index contributed by atoms with van der Waals surface area (Å²) < 4.78 is 1.19. The first-order chi connectivity index (χ1) is 11.8. The maximum absolute atomic E-state index is 6.15. The highest BCUT2D eigenvalue weighted by Gasteiger charge is 2.18. The Morgan fingerprint density at radius 1 is 1.19 bits per heavy atom. The quantitative estimate of drug-likeness (QED) is 0.530. The molecule has 3 heterocycles. The summed E-state index contributed by atoms with van der Waals surface area (Å²) in [5.74, 6) is 0.902. The van der Waals surface area contributed by atoms with E-state index in [1.165, 1.54) is 15.1 Å². The number of fused-ring (bicyclic) bond motifs is 1. The third-order valence-electron chi connectivity index (χ3n) is 3.91.